The molecular formula is C19H31NO3. The Balaban J connectivity index is 2.77. The summed E-state index contributed by atoms with van der Waals surface area (Å²) >= 11 is 0. The Morgan fingerprint density at radius 1 is 1.17 bits per heavy atom. The van der Waals surface area contributed by atoms with E-state index in [1.807, 2.05) is 52.0 Å². The van der Waals surface area contributed by atoms with E-state index in [1.54, 1.807) is 0 Å². The average molecular weight is 321 g/mol. The van der Waals surface area contributed by atoms with Crippen molar-refractivity contribution in [2.45, 2.75) is 66.1 Å². The van der Waals surface area contributed by atoms with Gasteiger partial charge in [-0.1, -0.05) is 20.8 Å². The lowest BCUT2D eigenvalue weighted by atomic mass is 9.93. The molecule has 1 N–H and O–H groups in total. The van der Waals surface area contributed by atoms with Crippen molar-refractivity contribution in [1.82, 2.24) is 0 Å². The highest BCUT2D eigenvalue weighted by Crippen LogP contribution is 2.24. The average Bonchev–Trinajstić information content (AvgIpc) is 2.46. The van der Waals surface area contributed by atoms with Crippen molar-refractivity contribution in [3.63, 3.8) is 0 Å². The van der Waals surface area contributed by atoms with Crippen LogP contribution in [0.15, 0.2) is 24.3 Å². The first-order chi connectivity index (χ1) is 10.8. The first-order valence-corrected chi connectivity index (χ1v) is 8.49. The maximum atomic E-state index is 12.7. The van der Waals surface area contributed by atoms with Crippen molar-refractivity contribution < 1.29 is 14.3 Å². The number of benzene rings is 1. The molecule has 0 aliphatic carbocycles. The molecule has 0 aromatic heterocycles. The summed E-state index contributed by atoms with van der Waals surface area (Å²) in [6, 6.07) is 7.43. The van der Waals surface area contributed by atoms with Crippen LogP contribution in [-0.4, -0.2) is 24.2 Å². The molecular weight excluding hydrogens is 290 g/mol. The summed E-state index contributed by atoms with van der Waals surface area (Å²) in [6.45, 7) is 12.7. The maximum absolute atomic E-state index is 12.7. The number of rotatable bonds is 9. The van der Waals surface area contributed by atoms with Crippen LogP contribution in [0.25, 0.3) is 0 Å². The molecule has 0 heterocycles. The largest absolute Gasteiger partial charge is 0.491 e. The van der Waals surface area contributed by atoms with Crippen LogP contribution >= 0.6 is 0 Å². The number of amides is 1. The van der Waals surface area contributed by atoms with Gasteiger partial charge in [0.1, 0.15) is 11.4 Å². The molecule has 0 unspecified atom stereocenters. The van der Waals surface area contributed by atoms with Crippen LogP contribution in [-0.2, 0) is 9.53 Å². The SMILES string of the molecule is CCCO[C@@](C)(CC(C)C)C(=O)Nc1ccc(OC(C)C)cc1. The van der Waals surface area contributed by atoms with Crippen molar-refractivity contribution in [2.75, 3.05) is 11.9 Å². The minimum absolute atomic E-state index is 0.0998. The monoisotopic (exact) mass is 321 g/mol. The molecule has 0 aliphatic rings. The van der Waals surface area contributed by atoms with Gasteiger partial charge in [-0.05, 0) is 63.8 Å². The van der Waals surface area contributed by atoms with Gasteiger partial charge in [0.15, 0.2) is 0 Å². The van der Waals surface area contributed by atoms with Crippen molar-refractivity contribution in [3.05, 3.63) is 24.3 Å². The van der Waals surface area contributed by atoms with Gasteiger partial charge in [-0.25, -0.2) is 0 Å². The number of ether oxygens (including phenoxy) is 2. The van der Waals surface area contributed by atoms with Crippen LogP contribution in [0.3, 0.4) is 0 Å². The lowest BCUT2D eigenvalue weighted by Crippen LogP contribution is -2.44. The highest BCUT2D eigenvalue weighted by atomic mass is 16.5. The topological polar surface area (TPSA) is 47.6 Å². The normalized spacial score (nSPS) is 13.9. The molecule has 1 atom stereocenters. The number of hydrogen-bond acceptors (Lipinski definition) is 3. The molecule has 4 nitrogen and oxygen atoms in total. The Bertz CT molecular complexity index is 482. The zero-order valence-electron chi connectivity index (χ0n) is 15.3. The molecule has 0 bridgehead atoms. The van der Waals surface area contributed by atoms with E-state index >= 15 is 0 Å². The summed E-state index contributed by atoms with van der Waals surface area (Å²) in [5.41, 5.74) is -0.0572. The molecule has 0 saturated heterocycles. The number of carbonyl (C=O) groups is 1. The van der Waals surface area contributed by atoms with Gasteiger partial charge in [0.05, 0.1) is 6.10 Å². The third kappa shape index (κ3) is 6.61. The van der Waals surface area contributed by atoms with Crippen LogP contribution in [0.5, 0.6) is 5.75 Å². The van der Waals surface area contributed by atoms with Gasteiger partial charge in [-0.2, -0.15) is 0 Å². The molecule has 0 fully saturated rings. The molecule has 0 aliphatic heterocycles. The van der Waals surface area contributed by atoms with Gasteiger partial charge in [0, 0.05) is 12.3 Å². The van der Waals surface area contributed by atoms with E-state index in [4.69, 9.17) is 9.47 Å². The predicted molar refractivity (Wildman–Crippen MR) is 94.9 cm³/mol. The number of carbonyl (C=O) groups excluding carboxylic acids is 1. The van der Waals surface area contributed by atoms with Gasteiger partial charge in [0.25, 0.3) is 5.91 Å². The highest BCUT2D eigenvalue weighted by Gasteiger charge is 2.34. The standard InChI is InChI=1S/C19H31NO3/c1-7-12-22-19(6,13-14(2)3)18(21)20-16-8-10-17(11-9-16)23-15(4)5/h8-11,14-15H,7,12-13H2,1-6H3,(H,20,21)/t19-/m0/s1. The van der Waals surface area contributed by atoms with Crippen molar-refractivity contribution in [3.8, 4) is 5.75 Å². The third-order valence-corrected chi connectivity index (χ3v) is 3.39. The minimum atomic E-state index is -0.808. The van der Waals surface area contributed by atoms with Gasteiger partial charge in [-0.15, -0.1) is 0 Å². The third-order valence-electron chi connectivity index (χ3n) is 3.39. The summed E-state index contributed by atoms with van der Waals surface area (Å²) in [6.07, 6.45) is 1.71. The Morgan fingerprint density at radius 2 is 1.78 bits per heavy atom. The van der Waals surface area contributed by atoms with Gasteiger partial charge in [0.2, 0.25) is 0 Å². The molecule has 0 spiro atoms. The zero-order chi connectivity index (χ0) is 17.5. The number of anilines is 1. The van der Waals surface area contributed by atoms with Crippen molar-refractivity contribution >= 4 is 11.6 Å². The summed E-state index contributed by atoms with van der Waals surface area (Å²) < 4.78 is 11.5. The van der Waals surface area contributed by atoms with E-state index in [9.17, 15) is 4.79 Å². The Kier molecular flexibility index (Phi) is 7.56. The van der Waals surface area contributed by atoms with Crippen molar-refractivity contribution in [2.24, 2.45) is 5.92 Å². The van der Waals surface area contributed by atoms with Crippen LogP contribution < -0.4 is 10.1 Å². The minimum Gasteiger partial charge on any atom is -0.491 e. The first-order valence-electron chi connectivity index (χ1n) is 8.49. The molecule has 0 radical (unpaired) electrons. The number of hydrogen-bond donors (Lipinski definition) is 1. The van der Waals surface area contributed by atoms with Gasteiger partial charge in [-0.3, -0.25) is 4.79 Å². The highest BCUT2D eigenvalue weighted by molar-refractivity contribution is 5.97. The molecule has 23 heavy (non-hydrogen) atoms. The molecule has 130 valence electrons. The fraction of sp³-hybridized carbons (Fsp3) is 0.632. The Morgan fingerprint density at radius 3 is 2.26 bits per heavy atom. The van der Waals surface area contributed by atoms with Gasteiger partial charge < -0.3 is 14.8 Å². The Hall–Kier alpha value is -1.55. The van der Waals surface area contributed by atoms with E-state index in [0.717, 1.165) is 17.9 Å². The second-order valence-corrected chi connectivity index (χ2v) is 6.82. The Labute approximate surface area is 140 Å². The molecule has 1 aromatic carbocycles. The molecule has 0 saturated carbocycles. The summed E-state index contributed by atoms with van der Waals surface area (Å²) in [5, 5.41) is 2.96. The molecule has 4 heteroatoms. The quantitative estimate of drug-likeness (QED) is 0.720. The van der Waals surface area contributed by atoms with E-state index in [-0.39, 0.29) is 12.0 Å². The zero-order valence-corrected chi connectivity index (χ0v) is 15.3. The van der Waals surface area contributed by atoms with Crippen LogP contribution in [0.1, 0.15) is 54.4 Å². The summed E-state index contributed by atoms with van der Waals surface area (Å²) in [4.78, 5) is 12.7. The molecule has 1 aromatic rings. The van der Waals surface area contributed by atoms with E-state index < -0.39 is 5.60 Å². The number of nitrogens with one attached hydrogen (secondary N) is 1. The van der Waals surface area contributed by atoms with Crippen molar-refractivity contribution in [1.29, 1.82) is 0 Å². The summed E-state index contributed by atoms with van der Waals surface area (Å²) in [5.74, 6) is 1.08. The second-order valence-electron chi connectivity index (χ2n) is 6.82. The summed E-state index contributed by atoms with van der Waals surface area (Å²) in [7, 11) is 0. The smallest absolute Gasteiger partial charge is 0.256 e. The van der Waals surface area contributed by atoms with E-state index in [1.165, 1.54) is 0 Å². The maximum Gasteiger partial charge on any atom is 0.256 e. The lowest BCUT2D eigenvalue weighted by Gasteiger charge is -2.30. The lowest BCUT2D eigenvalue weighted by molar-refractivity contribution is -0.141. The molecule has 1 rings (SSSR count). The fourth-order valence-corrected chi connectivity index (χ4v) is 2.48. The fourth-order valence-electron chi connectivity index (χ4n) is 2.48. The first kappa shape index (κ1) is 19.5. The van der Waals surface area contributed by atoms with Crippen LogP contribution in [0.4, 0.5) is 5.69 Å². The second kappa shape index (κ2) is 8.92. The van der Waals surface area contributed by atoms with Crippen LogP contribution in [0.2, 0.25) is 0 Å². The van der Waals surface area contributed by atoms with E-state index in [0.29, 0.717) is 18.9 Å². The van der Waals surface area contributed by atoms with E-state index in [2.05, 4.69) is 19.2 Å². The van der Waals surface area contributed by atoms with Gasteiger partial charge >= 0.3 is 0 Å². The van der Waals surface area contributed by atoms with Crippen LogP contribution in [0, 0.1) is 5.92 Å². The molecule has 1 amide bonds. The predicted octanol–water partition coefficient (Wildman–Crippen LogP) is 4.64.